The van der Waals surface area contributed by atoms with E-state index in [1.54, 1.807) is 0 Å². The van der Waals surface area contributed by atoms with Gasteiger partial charge in [-0.25, -0.2) is 0 Å². The maximum absolute atomic E-state index is 10.9. The van der Waals surface area contributed by atoms with Crippen molar-refractivity contribution >= 4 is 0 Å². The van der Waals surface area contributed by atoms with Crippen LogP contribution in [0.25, 0.3) is 0 Å². The Morgan fingerprint density at radius 1 is 0.621 bits per heavy atom. The first kappa shape index (κ1) is 23.3. The Morgan fingerprint density at radius 2 is 0.931 bits per heavy atom. The average molecular weight is 397 g/mol. The molecule has 2 aromatic carbocycles. The van der Waals surface area contributed by atoms with Gasteiger partial charge in [0.25, 0.3) is 0 Å². The normalized spacial score (nSPS) is 12.8. The number of hydrogen-bond donors (Lipinski definition) is 2. The van der Waals surface area contributed by atoms with Gasteiger partial charge < -0.3 is 10.2 Å². The van der Waals surface area contributed by atoms with Crippen LogP contribution in [0.15, 0.2) is 24.3 Å². The first-order chi connectivity index (χ1) is 13.1. The Morgan fingerprint density at radius 3 is 1.17 bits per heavy atom. The third kappa shape index (κ3) is 5.15. The SMILES string of the molecule is CC(C)c1cc(Cc2cc(C(C)C)c(O)c(C(C)(C)C)c2)cc(C(C)(C)C)c1O. The average Bonchev–Trinajstić information content (AvgIpc) is 2.55. The van der Waals surface area contributed by atoms with Gasteiger partial charge in [-0.05, 0) is 62.5 Å². The van der Waals surface area contributed by atoms with Crippen molar-refractivity contribution < 1.29 is 10.2 Å². The van der Waals surface area contributed by atoms with Crippen molar-refractivity contribution in [2.45, 2.75) is 98.3 Å². The predicted octanol–water partition coefficient (Wildman–Crippen LogP) is 7.53. The van der Waals surface area contributed by atoms with E-state index in [2.05, 4.69) is 93.5 Å². The van der Waals surface area contributed by atoms with Crippen LogP contribution in [-0.2, 0) is 17.3 Å². The molecule has 0 fully saturated rings. The molecule has 2 nitrogen and oxygen atoms in total. The van der Waals surface area contributed by atoms with Crippen LogP contribution in [0.5, 0.6) is 11.5 Å². The van der Waals surface area contributed by atoms with Gasteiger partial charge in [0.2, 0.25) is 0 Å². The monoisotopic (exact) mass is 396 g/mol. The highest BCUT2D eigenvalue weighted by Gasteiger charge is 2.24. The maximum Gasteiger partial charge on any atom is 0.122 e. The molecule has 0 aliphatic carbocycles. The van der Waals surface area contributed by atoms with Gasteiger partial charge in [0.15, 0.2) is 0 Å². The fourth-order valence-electron chi connectivity index (χ4n) is 3.90. The highest BCUT2D eigenvalue weighted by Crippen LogP contribution is 2.40. The molecule has 2 heteroatoms. The summed E-state index contributed by atoms with van der Waals surface area (Å²) < 4.78 is 0. The third-order valence-electron chi connectivity index (χ3n) is 5.67. The van der Waals surface area contributed by atoms with Crippen molar-refractivity contribution in [3.63, 3.8) is 0 Å². The van der Waals surface area contributed by atoms with Crippen molar-refractivity contribution in [3.8, 4) is 11.5 Å². The van der Waals surface area contributed by atoms with Crippen molar-refractivity contribution in [3.05, 3.63) is 57.6 Å². The number of aromatic hydroxyl groups is 2. The van der Waals surface area contributed by atoms with Gasteiger partial charge in [-0.2, -0.15) is 0 Å². The minimum atomic E-state index is -0.127. The van der Waals surface area contributed by atoms with E-state index < -0.39 is 0 Å². The van der Waals surface area contributed by atoms with E-state index in [4.69, 9.17) is 0 Å². The van der Waals surface area contributed by atoms with E-state index in [1.165, 1.54) is 11.1 Å². The van der Waals surface area contributed by atoms with Gasteiger partial charge in [-0.15, -0.1) is 0 Å². The molecule has 0 aliphatic rings. The summed E-state index contributed by atoms with van der Waals surface area (Å²) in [4.78, 5) is 0. The molecule has 0 radical (unpaired) electrons. The Balaban J connectivity index is 2.65. The summed E-state index contributed by atoms with van der Waals surface area (Å²) in [6, 6.07) is 8.60. The van der Waals surface area contributed by atoms with Crippen molar-refractivity contribution in [1.29, 1.82) is 0 Å². The summed E-state index contributed by atoms with van der Waals surface area (Å²) in [5, 5.41) is 21.7. The first-order valence-electron chi connectivity index (χ1n) is 10.9. The lowest BCUT2D eigenvalue weighted by Crippen LogP contribution is -2.14. The van der Waals surface area contributed by atoms with Crippen LogP contribution in [0.4, 0.5) is 0 Å². The van der Waals surface area contributed by atoms with Crippen LogP contribution >= 0.6 is 0 Å². The molecule has 0 bridgehead atoms. The molecule has 0 aromatic heterocycles. The molecule has 0 spiro atoms. The van der Waals surface area contributed by atoms with E-state index in [0.29, 0.717) is 11.5 Å². The molecule has 29 heavy (non-hydrogen) atoms. The topological polar surface area (TPSA) is 40.5 Å². The Hall–Kier alpha value is -1.96. The summed E-state index contributed by atoms with van der Waals surface area (Å²) in [6.45, 7) is 21.4. The number of phenols is 2. The predicted molar refractivity (Wildman–Crippen MR) is 125 cm³/mol. The summed E-state index contributed by atoms with van der Waals surface area (Å²) in [6.07, 6.45) is 0.784. The summed E-state index contributed by atoms with van der Waals surface area (Å²) in [5.41, 5.74) is 6.16. The van der Waals surface area contributed by atoms with Crippen LogP contribution in [0.1, 0.15) is 114 Å². The molecule has 160 valence electrons. The molecule has 0 heterocycles. The van der Waals surface area contributed by atoms with Crippen LogP contribution in [0.2, 0.25) is 0 Å². The summed E-state index contributed by atoms with van der Waals surface area (Å²) in [5.74, 6) is 1.37. The molecule has 0 saturated carbocycles. The van der Waals surface area contributed by atoms with Gasteiger partial charge in [0.1, 0.15) is 11.5 Å². The third-order valence-corrected chi connectivity index (χ3v) is 5.67. The van der Waals surface area contributed by atoms with Crippen LogP contribution < -0.4 is 0 Å². The second kappa shape index (κ2) is 8.05. The maximum atomic E-state index is 10.9. The van der Waals surface area contributed by atoms with E-state index >= 15 is 0 Å². The van der Waals surface area contributed by atoms with Gasteiger partial charge in [0, 0.05) is 0 Å². The lowest BCUT2D eigenvalue weighted by molar-refractivity contribution is 0.437. The zero-order chi connectivity index (χ0) is 22.3. The molecule has 0 unspecified atom stereocenters. The van der Waals surface area contributed by atoms with E-state index in [0.717, 1.165) is 28.7 Å². The number of phenolic OH excluding ortho intramolecular Hbond substituents is 2. The molecule has 2 rings (SSSR count). The molecular weight excluding hydrogens is 356 g/mol. The molecule has 2 N–H and O–H groups in total. The van der Waals surface area contributed by atoms with E-state index in [-0.39, 0.29) is 22.7 Å². The van der Waals surface area contributed by atoms with Gasteiger partial charge in [-0.1, -0.05) is 93.5 Å². The summed E-state index contributed by atoms with van der Waals surface area (Å²) >= 11 is 0. The number of rotatable bonds is 4. The van der Waals surface area contributed by atoms with E-state index in [9.17, 15) is 10.2 Å². The molecule has 2 aromatic rings. The lowest BCUT2D eigenvalue weighted by atomic mass is 9.80. The second-order valence-corrected chi connectivity index (χ2v) is 11.1. The highest BCUT2D eigenvalue weighted by atomic mass is 16.3. The van der Waals surface area contributed by atoms with Gasteiger partial charge in [-0.3, -0.25) is 0 Å². The number of benzene rings is 2. The number of hydrogen-bond acceptors (Lipinski definition) is 2. The fraction of sp³-hybridized carbons (Fsp3) is 0.556. The zero-order valence-corrected chi connectivity index (χ0v) is 20.1. The van der Waals surface area contributed by atoms with Crippen molar-refractivity contribution in [1.82, 2.24) is 0 Å². The molecular formula is C27H40O2. The standard InChI is InChI=1S/C27H40O2/c1-16(2)20-12-18(14-22(24(20)28)26(5,6)7)11-19-13-21(17(3)4)25(29)23(15-19)27(8,9)10/h12-17,28-29H,11H2,1-10H3. The lowest BCUT2D eigenvalue weighted by Gasteiger charge is -2.26. The van der Waals surface area contributed by atoms with Crippen LogP contribution in [0.3, 0.4) is 0 Å². The first-order valence-corrected chi connectivity index (χ1v) is 10.9. The summed E-state index contributed by atoms with van der Waals surface area (Å²) in [7, 11) is 0. The fourth-order valence-corrected chi connectivity index (χ4v) is 3.90. The largest absolute Gasteiger partial charge is 0.507 e. The minimum Gasteiger partial charge on any atom is -0.507 e. The van der Waals surface area contributed by atoms with Gasteiger partial charge in [0.05, 0.1) is 0 Å². The Kier molecular flexibility index (Phi) is 6.47. The van der Waals surface area contributed by atoms with Crippen LogP contribution in [0, 0.1) is 0 Å². The molecule has 0 saturated heterocycles. The zero-order valence-electron chi connectivity index (χ0n) is 20.1. The Bertz CT molecular complexity index is 801. The molecule has 0 atom stereocenters. The second-order valence-electron chi connectivity index (χ2n) is 11.1. The smallest absolute Gasteiger partial charge is 0.122 e. The molecule has 0 aliphatic heterocycles. The quantitative estimate of drug-likeness (QED) is 0.560. The van der Waals surface area contributed by atoms with E-state index in [1.807, 2.05) is 0 Å². The molecule has 0 amide bonds. The Labute approximate surface area is 178 Å². The minimum absolute atomic E-state index is 0.127. The van der Waals surface area contributed by atoms with Crippen molar-refractivity contribution in [2.75, 3.05) is 0 Å². The van der Waals surface area contributed by atoms with Crippen molar-refractivity contribution in [2.24, 2.45) is 0 Å². The van der Waals surface area contributed by atoms with Gasteiger partial charge >= 0.3 is 0 Å². The highest BCUT2D eigenvalue weighted by molar-refractivity contribution is 5.52. The van der Waals surface area contributed by atoms with Crippen LogP contribution in [-0.4, -0.2) is 10.2 Å².